The Balaban J connectivity index is 1.15. The summed E-state index contributed by atoms with van der Waals surface area (Å²) < 4.78 is 7.31. The average molecular weight is 1020 g/mol. The molecule has 384 valence electrons. The molecule has 0 saturated carbocycles. The van der Waals surface area contributed by atoms with Crippen molar-refractivity contribution in [2.75, 3.05) is 9.71 Å². The SMILES string of the molecule is Cc1cccc(C)c1-c1cc2c3c(c1)N(c1ccc(C(C)(C)C)cc1-c1ccccc1)c1c(ccc4oc5cc6c(cc5c14)C(C)(C)CCC6(C)C)B3N1c3ccccc3C(c3ccccc3)(c3ccccc3)c3cccc-2c31. The molecule has 0 radical (unpaired) electrons. The van der Waals surface area contributed by atoms with Crippen molar-refractivity contribution in [3.63, 3.8) is 0 Å². The molecule has 79 heavy (non-hydrogen) atoms. The fourth-order valence-electron chi connectivity index (χ4n) is 15.0. The molecule has 0 spiro atoms. The van der Waals surface area contributed by atoms with E-state index in [4.69, 9.17) is 4.42 Å². The topological polar surface area (TPSA) is 19.6 Å². The van der Waals surface area contributed by atoms with Crippen LogP contribution in [0.15, 0.2) is 211 Å². The predicted molar refractivity (Wildman–Crippen MR) is 334 cm³/mol. The van der Waals surface area contributed by atoms with Crippen molar-refractivity contribution in [3.8, 4) is 33.4 Å². The van der Waals surface area contributed by atoms with Crippen molar-refractivity contribution in [3.05, 3.63) is 256 Å². The van der Waals surface area contributed by atoms with Gasteiger partial charge in [-0.05, 0) is 175 Å². The van der Waals surface area contributed by atoms with Gasteiger partial charge in [-0.1, -0.05) is 206 Å². The van der Waals surface area contributed by atoms with Crippen molar-refractivity contribution in [1.29, 1.82) is 0 Å². The Labute approximate surface area is 466 Å². The van der Waals surface area contributed by atoms with Crippen molar-refractivity contribution in [2.24, 2.45) is 0 Å². The molecular weight excluding hydrogens is 956 g/mol. The number of rotatable bonds is 5. The highest BCUT2D eigenvalue weighted by atomic mass is 16.3. The molecule has 0 unspecified atom stereocenters. The molecule has 10 aromatic carbocycles. The molecule has 4 aliphatic rings. The number of aryl methyl sites for hydroxylation is 2. The summed E-state index contributed by atoms with van der Waals surface area (Å²) in [5.41, 5.74) is 28.8. The summed E-state index contributed by atoms with van der Waals surface area (Å²) >= 11 is 0. The Bertz CT molecular complexity index is 4270. The molecule has 0 fully saturated rings. The highest BCUT2D eigenvalue weighted by molar-refractivity contribution is 6.94. The van der Waals surface area contributed by atoms with Gasteiger partial charge in [-0.2, -0.15) is 0 Å². The molecular formula is C75H65BN2O. The second-order valence-corrected chi connectivity index (χ2v) is 25.5. The van der Waals surface area contributed by atoms with Gasteiger partial charge in [-0.15, -0.1) is 0 Å². The zero-order valence-corrected chi connectivity index (χ0v) is 46.9. The Morgan fingerprint density at radius 2 is 1.09 bits per heavy atom. The molecule has 1 aromatic heterocycles. The molecule has 0 N–H and O–H groups in total. The molecule has 3 aliphatic heterocycles. The van der Waals surface area contributed by atoms with Crippen molar-refractivity contribution in [2.45, 2.75) is 96.8 Å². The second kappa shape index (κ2) is 16.8. The van der Waals surface area contributed by atoms with Crippen LogP contribution in [0, 0.1) is 13.8 Å². The molecule has 0 amide bonds. The van der Waals surface area contributed by atoms with Crippen LogP contribution in [0.5, 0.6) is 0 Å². The van der Waals surface area contributed by atoms with Gasteiger partial charge in [0.15, 0.2) is 0 Å². The van der Waals surface area contributed by atoms with Crippen LogP contribution < -0.4 is 20.6 Å². The van der Waals surface area contributed by atoms with Gasteiger partial charge < -0.3 is 14.1 Å². The van der Waals surface area contributed by atoms with Crippen molar-refractivity contribution >= 4 is 68.1 Å². The zero-order valence-electron chi connectivity index (χ0n) is 46.9. The minimum absolute atomic E-state index is 0.00671. The first-order valence-corrected chi connectivity index (χ1v) is 28.6. The monoisotopic (exact) mass is 1020 g/mol. The van der Waals surface area contributed by atoms with E-state index >= 15 is 0 Å². The summed E-state index contributed by atoms with van der Waals surface area (Å²) in [4.78, 5) is 5.44. The normalized spacial score (nSPS) is 16.0. The molecule has 4 heterocycles. The summed E-state index contributed by atoms with van der Waals surface area (Å²) in [7, 11) is 0. The van der Waals surface area contributed by atoms with Crippen LogP contribution >= 0.6 is 0 Å². The lowest BCUT2D eigenvalue weighted by Crippen LogP contribution is -2.63. The van der Waals surface area contributed by atoms with Crippen LogP contribution in [-0.4, -0.2) is 6.85 Å². The molecule has 1 aliphatic carbocycles. The summed E-state index contributed by atoms with van der Waals surface area (Å²) in [6.07, 6.45) is 2.26. The van der Waals surface area contributed by atoms with Crippen molar-refractivity contribution < 1.29 is 4.42 Å². The number of furan rings is 1. The van der Waals surface area contributed by atoms with Crippen LogP contribution in [0.1, 0.15) is 111 Å². The van der Waals surface area contributed by atoms with E-state index in [9.17, 15) is 0 Å². The van der Waals surface area contributed by atoms with Gasteiger partial charge in [0.2, 0.25) is 0 Å². The molecule has 0 bridgehead atoms. The second-order valence-electron chi connectivity index (χ2n) is 25.5. The first-order valence-electron chi connectivity index (χ1n) is 28.6. The maximum atomic E-state index is 7.31. The van der Waals surface area contributed by atoms with Gasteiger partial charge in [-0.3, -0.25) is 0 Å². The average Bonchev–Trinajstić information content (AvgIpc) is 3.55. The fraction of sp³-hybridized carbons (Fsp3) is 0.200. The van der Waals surface area contributed by atoms with E-state index in [0.717, 1.165) is 35.1 Å². The predicted octanol–water partition coefficient (Wildman–Crippen LogP) is 18.6. The van der Waals surface area contributed by atoms with Crippen LogP contribution in [0.4, 0.5) is 28.4 Å². The Kier molecular flexibility index (Phi) is 10.2. The number of hydrogen-bond donors (Lipinski definition) is 0. The number of hydrogen-bond acceptors (Lipinski definition) is 3. The largest absolute Gasteiger partial charge is 0.456 e. The molecule has 0 saturated heterocycles. The van der Waals surface area contributed by atoms with E-state index in [2.05, 4.69) is 278 Å². The minimum Gasteiger partial charge on any atom is -0.456 e. The summed E-state index contributed by atoms with van der Waals surface area (Å²) in [5.74, 6) is 0. The van der Waals surface area contributed by atoms with E-state index in [1.165, 1.54) is 123 Å². The van der Waals surface area contributed by atoms with Gasteiger partial charge in [0.1, 0.15) is 11.2 Å². The van der Waals surface area contributed by atoms with Crippen LogP contribution in [0.3, 0.4) is 0 Å². The highest BCUT2D eigenvalue weighted by Crippen LogP contribution is 2.61. The van der Waals surface area contributed by atoms with E-state index in [1.54, 1.807) is 0 Å². The van der Waals surface area contributed by atoms with Gasteiger partial charge in [-0.25, -0.2) is 0 Å². The third kappa shape index (κ3) is 6.73. The van der Waals surface area contributed by atoms with Gasteiger partial charge in [0.05, 0.1) is 22.2 Å². The first-order chi connectivity index (χ1) is 38.1. The van der Waals surface area contributed by atoms with E-state index in [0.29, 0.717) is 0 Å². The molecule has 4 heteroatoms. The molecule has 11 aromatic rings. The maximum Gasteiger partial charge on any atom is 0.333 e. The number of nitrogens with zero attached hydrogens (tertiary/aromatic N) is 2. The van der Waals surface area contributed by atoms with Crippen LogP contribution in [-0.2, 0) is 21.7 Å². The maximum absolute atomic E-state index is 7.31. The molecule has 15 rings (SSSR count). The van der Waals surface area contributed by atoms with Crippen LogP contribution in [0.2, 0.25) is 0 Å². The minimum atomic E-state index is -0.626. The number of fused-ring (bicyclic) bond motifs is 11. The lowest BCUT2D eigenvalue weighted by Gasteiger charge is -2.53. The standard InChI is InChI=1S/C75H65BN2O/c1-46-23-21-24-47(2)67(46)49-41-55-53-31-22-33-58-70(53)78(63-34-20-19-32-57(63)75(58,50-27-15-11-16-28-50)51-29-17-12-18-30-51)76-61-36-38-65-68(56-44-59-60(45-66(56)79-65)74(8,9)40-39-73(59,6)7)71(61)77(64(42-49)69(55)76)62-37-35-52(72(3,4)5)43-54(62)48-25-13-10-14-26-48/h10-38,41-45H,39-40H2,1-9H3. The van der Waals surface area contributed by atoms with Gasteiger partial charge in [0.25, 0.3) is 0 Å². The fourth-order valence-corrected chi connectivity index (χ4v) is 15.0. The molecule has 0 atom stereocenters. The van der Waals surface area contributed by atoms with Gasteiger partial charge >= 0.3 is 6.85 Å². The third-order valence-electron chi connectivity index (χ3n) is 19.0. The van der Waals surface area contributed by atoms with Gasteiger partial charge in [0, 0.05) is 33.6 Å². The smallest absolute Gasteiger partial charge is 0.333 e. The summed E-state index contributed by atoms with van der Waals surface area (Å²) in [6, 6.07) is 79.0. The highest BCUT2D eigenvalue weighted by Gasteiger charge is 2.54. The number of anilines is 5. The zero-order chi connectivity index (χ0) is 53.9. The summed E-state index contributed by atoms with van der Waals surface area (Å²) in [6.45, 7) is 21.1. The Morgan fingerprint density at radius 3 is 1.77 bits per heavy atom. The van der Waals surface area contributed by atoms with E-state index < -0.39 is 5.41 Å². The Morgan fingerprint density at radius 1 is 0.468 bits per heavy atom. The third-order valence-corrected chi connectivity index (χ3v) is 19.0. The Hall–Kier alpha value is -8.34. The molecule has 3 nitrogen and oxygen atoms in total. The lowest BCUT2D eigenvalue weighted by atomic mass is 9.42. The van der Waals surface area contributed by atoms with Crippen LogP contribution in [0.25, 0.3) is 55.3 Å². The van der Waals surface area contributed by atoms with E-state index in [1.807, 2.05) is 0 Å². The first kappa shape index (κ1) is 47.8. The quantitative estimate of drug-likeness (QED) is 0.160. The van der Waals surface area contributed by atoms with E-state index in [-0.39, 0.29) is 23.1 Å². The van der Waals surface area contributed by atoms with Crippen molar-refractivity contribution in [1.82, 2.24) is 0 Å². The summed E-state index contributed by atoms with van der Waals surface area (Å²) in [5, 5.41) is 2.33. The number of benzene rings is 10. The number of para-hydroxylation sites is 2. The lowest BCUT2D eigenvalue weighted by molar-refractivity contribution is 0.332.